The number of hydrogen-bond acceptors (Lipinski definition) is 7. The molecule has 1 aromatic rings. The minimum atomic E-state index is -1.19. The Labute approximate surface area is 214 Å². The zero-order chi connectivity index (χ0) is 26.9. The summed E-state index contributed by atoms with van der Waals surface area (Å²) in [5.74, 6) is -2.52. The number of carboxylic acids is 1. The highest BCUT2D eigenvalue weighted by Gasteiger charge is 2.21. The third-order valence-corrected chi connectivity index (χ3v) is 5.81. The molecule has 0 unspecified atom stereocenters. The molecule has 0 fully saturated rings. The van der Waals surface area contributed by atoms with Crippen LogP contribution in [0.5, 0.6) is 11.5 Å². The average Bonchev–Trinajstić information content (AvgIpc) is 2.75. The molecule has 1 N–H and O–H groups in total. The molecule has 0 amide bonds. The Kier molecular flexibility index (Phi) is 15.1. The van der Waals surface area contributed by atoms with Crippen LogP contribution in [-0.4, -0.2) is 35.1 Å². The second kappa shape index (κ2) is 17.5. The quantitative estimate of drug-likeness (QED) is 0.138. The standard InChI is InChI=1S/C28H42O8/c1-20(34-21(2)29)16-14-12-10-8-6-5-7-9-11-13-15-17-24-18-25(35-22(3)30)19-26(36-23(4)31)27(24)28(32)33/h18-20H,5-17H2,1-4H3,(H,32,33)/t20-/m1/s1. The molecule has 0 radical (unpaired) electrons. The van der Waals surface area contributed by atoms with Gasteiger partial charge in [-0.05, 0) is 44.2 Å². The normalized spacial score (nSPS) is 11.6. The number of carbonyl (C=O) groups is 4. The van der Waals surface area contributed by atoms with Crippen molar-refractivity contribution in [2.75, 3.05) is 0 Å². The molecule has 36 heavy (non-hydrogen) atoms. The van der Waals surface area contributed by atoms with Crippen molar-refractivity contribution >= 4 is 23.9 Å². The van der Waals surface area contributed by atoms with Gasteiger partial charge in [-0.3, -0.25) is 14.4 Å². The Morgan fingerprint density at radius 1 is 0.722 bits per heavy atom. The number of carbonyl (C=O) groups excluding carboxylic acids is 3. The molecular formula is C28H42O8. The molecule has 0 heterocycles. The smallest absolute Gasteiger partial charge is 0.339 e. The van der Waals surface area contributed by atoms with Crippen molar-refractivity contribution in [2.45, 2.75) is 117 Å². The fourth-order valence-corrected chi connectivity index (χ4v) is 4.23. The van der Waals surface area contributed by atoms with E-state index < -0.39 is 17.9 Å². The summed E-state index contributed by atoms with van der Waals surface area (Å²) in [5, 5.41) is 9.66. The molecule has 1 atom stereocenters. The van der Waals surface area contributed by atoms with Crippen LogP contribution in [0.15, 0.2) is 12.1 Å². The lowest BCUT2D eigenvalue weighted by Crippen LogP contribution is -2.12. The van der Waals surface area contributed by atoms with E-state index in [2.05, 4.69) is 0 Å². The van der Waals surface area contributed by atoms with Crippen LogP contribution >= 0.6 is 0 Å². The number of carboxylic acid groups (broad SMARTS) is 1. The van der Waals surface area contributed by atoms with E-state index in [-0.39, 0.29) is 29.1 Å². The molecule has 0 spiro atoms. The molecule has 0 aliphatic carbocycles. The van der Waals surface area contributed by atoms with Gasteiger partial charge in [-0.25, -0.2) is 4.79 Å². The monoisotopic (exact) mass is 506 g/mol. The Hall–Kier alpha value is -2.90. The van der Waals surface area contributed by atoms with Gasteiger partial charge in [0.05, 0.1) is 6.10 Å². The summed E-state index contributed by atoms with van der Waals surface area (Å²) < 4.78 is 15.3. The van der Waals surface area contributed by atoms with E-state index in [1.54, 1.807) is 0 Å². The van der Waals surface area contributed by atoms with Crippen molar-refractivity contribution in [1.82, 2.24) is 0 Å². The summed E-state index contributed by atoms with van der Waals surface area (Å²) in [4.78, 5) is 45.5. The van der Waals surface area contributed by atoms with Gasteiger partial charge in [0.25, 0.3) is 0 Å². The molecule has 202 valence electrons. The third kappa shape index (κ3) is 13.9. The largest absolute Gasteiger partial charge is 0.478 e. The van der Waals surface area contributed by atoms with Gasteiger partial charge in [-0.15, -0.1) is 0 Å². The summed E-state index contributed by atoms with van der Waals surface area (Å²) in [6, 6.07) is 2.80. The Morgan fingerprint density at radius 3 is 1.69 bits per heavy atom. The van der Waals surface area contributed by atoms with E-state index in [0.717, 1.165) is 38.5 Å². The number of esters is 3. The highest BCUT2D eigenvalue weighted by atomic mass is 16.5. The van der Waals surface area contributed by atoms with Gasteiger partial charge in [-0.2, -0.15) is 0 Å². The summed E-state index contributed by atoms with van der Waals surface area (Å²) in [6.45, 7) is 5.83. The molecule has 8 nitrogen and oxygen atoms in total. The molecule has 0 aliphatic rings. The lowest BCUT2D eigenvalue weighted by Gasteiger charge is -2.14. The fraction of sp³-hybridized carbons (Fsp3) is 0.643. The van der Waals surface area contributed by atoms with Crippen molar-refractivity contribution in [3.8, 4) is 11.5 Å². The first-order valence-corrected chi connectivity index (χ1v) is 13.0. The first-order chi connectivity index (χ1) is 17.1. The van der Waals surface area contributed by atoms with E-state index in [1.807, 2.05) is 6.92 Å². The van der Waals surface area contributed by atoms with Crippen LogP contribution < -0.4 is 9.47 Å². The number of aromatic carboxylic acids is 1. The maximum Gasteiger partial charge on any atom is 0.339 e. The van der Waals surface area contributed by atoms with E-state index in [0.29, 0.717) is 12.0 Å². The predicted octanol–water partition coefficient (Wildman–Crippen LogP) is 6.41. The van der Waals surface area contributed by atoms with Crippen LogP contribution in [0.1, 0.15) is 121 Å². The van der Waals surface area contributed by atoms with E-state index >= 15 is 0 Å². The number of benzene rings is 1. The number of rotatable bonds is 18. The number of unbranched alkanes of at least 4 members (excludes halogenated alkanes) is 10. The molecule has 0 aliphatic heterocycles. The van der Waals surface area contributed by atoms with Crippen LogP contribution in [0.3, 0.4) is 0 Å². The van der Waals surface area contributed by atoms with E-state index in [9.17, 15) is 24.3 Å². The molecule has 0 aromatic heterocycles. The second-order valence-corrected chi connectivity index (χ2v) is 9.30. The van der Waals surface area contributed by atoms with Crippen LogP contribution in [-0.2, 0) is 25.5 Å². The topological polar surface area (TPSA) is 116 Å². The predicted molar refractivity (Wildman–Crippen MR) is 136 cm³/mol. The number of aryl methyl sites for hydroxylation is 1. The minimum Gasteiger partial charge on any atom is -0.478 e. The van der Waals surface area contributed by atoms with E-state index in [4.69, 9.17) is 14.2 Å². The van der Waals surface area contributed by atoms with Crippen molar-refractivity contribution in [2.24, 2.45) is 0 Å². The highest BCUT2D eigenvalue weighted by molar-refractivity contribution is 5.94. The first-order valence-electron chi connectivity index (χ1n) is 13.0. The van der Waals surface area contributed by atoms with Crippen LogP contribution in [0, 0.1) is 0 Å². The van der Waals surface area contributed by atoms with Crippen molar-refractivity contribution in [3.63, 3.8) is 0 Å². The Bertz CT molecular complexity index is 861. The Balaban J connectivity index is 2.32. The van der Waals surface area contributed by atoms with Crippen LogP contribution in [0.25, 0.3) is 0 Å². The van der Waals surface area contributed by atoms with Gasteiger partial charge in [0.15, 0.2) is 0 Å². The average molecular weight is 507 g/mol. The molecule has 0 saturated heterocycles. The zero-order valence-corrected chi connectivity index (χ0v) is 22.2. The molecule has 0 saturated carbocycles. The zero-order valence-electron chi connectivity index (χ0n) is 22.2. The second-order valence-electron chi connectivity index (χ2n) is 9.30. The van der Waals surface area contributed by atoms with Gasteiger partial charge < -0.3 is 19.3 Å². The number of hydrogen-bond donors (Lipinski definition) is 1. The third-order valence-electron chi connectivity index (χ3n) is 5.81. The summed E-state index contributed by atoms with van der Waals surface area (Å²) >= 11 is 0. The van der Waals surface area contributed by atoms with Gasteiger partial charge >= 0.3 is 23.9 Å². The molecule has 0 bridgehead atoms. The van der Waals surface area contributed by atoms with E-state index in [1.165, 1.54) is 71.4 Å². The van der Waals surface area contributed by atoms with Crippen molar-refractivity contribution < 1.29 is 38.5 Å². The highest BCUT2D eigenvalue weighted by Crippen LogP contribution is 2.31. The van der Waals surface area contributed by atoms with Gasteiger partial charge in [-0.1, -0.05) is 57.8 Å². The molecule has 1 rings (SSSR count). The minimum absolute atomic E-state index is 0.00644. The first kappa shape index (κ1) is 31.1. The number of ether oxygens (including phenoxy) is 3. The maximum absolute atomic E-state index is 11.8. The van der Waals surface area contributed by atoms with Gasteiger partial charge in [0, 0.05) is 26.8 Å². The van der Waals surface area contributed by atoms with Crippen LogP contribution in [0.4, 0.5) is 0 Å². The lowest BCUT2D eigenvalue weighted by molar-refractivity contribution is -0.145. The SMILES string of the molecule is CC(=O)Oc1cc(CCCCCCCCCCCCC[C@@H](C)OC(C)=O)c(C(=O)O)c(OC(C)=O)c1. The summed E-state index contributed by atoms with van der Waals surface area (Å²) in [5.41, 5.74) is 0.418. The fourth-order valence-electron chi connectivity index (χ4n) is 4.23. The summed E-state index contributed by atoms with van der Waals surface area (Å²) in [7, 11) is 0. The van der Waals surface area contributed by atoms with Gasteiger partial charge in [0.2, 0.25) is 0 Å². The molecule has 1 aromatic carbocycles. The Morgan fingerprint density at radius 2 is 1.22 bits per heavy atom. The van der Waals surface area contributed by atoms with Crippen molar-refractivity contribution in [3.05, 3.63) is 23.3 Å². The van der Waals surface area contributed by atoms with Crippen molar-refractivity contribution in [1.29, 1.82) is 0 Å². The van der Waals surface area contributed by atoms with Crippen LogP contribution in [0.2, 0.25) is 0 Å². The van der Waals surface area contributed by atoms with Gasteiger partial charge in [0.1, 0.15) is 17.1 Å². The molecule has 8 heteroatoms. The maximum atomic E-state index is 11.8. The lowest BCUT2D eigenvalue weighted by atomic mass is 9.98. The molecular weight excluding hydrogens is 464 g/mol. The summed E-state index contributed by atoms with van der Waals surface area (Å²) in [6.07, 6.45) is 13.7.